The Kier molecular flexibility index (Phi) is 1.59. The van der Waals surface area contributed by atoms with Gasteiger partial charge in [-0.05, 0) is 74.0 Å². The number of fused-ring (bicyclic) bond motifs is 1. The molecule has 0 aromatic rings. The first-order chi connectivity index (χ1) is 7.27. The molecular weight excluding hydrogens is 180 g/mol. The van der Waals surface area contributed by atoms with Crippen molar-refractivity contribution in [2.45, 2.75) is 51.4 Å². The van der Waals surface area contributed by atoms with Gasteiger partial charge in [0.2, 0.25) is 0 Å². The highest BCUT2D eigenvalue weighted by Gasteiger charge is 2.55. The summed E-state index contributed by atoms with van der Waals surface area (Å²) >= 11 is 0. The lowest BCUT2D eigenvalue weighted by Gasteiger charge is -2.39. The second-order valence-corrected chi connectivity index (χ2v) is 6.87. The average molecular weight is 202 g/mol. The molecule has 4 aliphatic carbocycles. The monoisotopic (exact) mass is 202 g/mol. The highest BCUT2D eigenvalue weighted by atomic mass is 14.6. The van der Waals surface area contributed by atoms with E-state index < -0.39 is 0 Å². The van der Waals surface area contributed by atoms with Gasteiger partial charge in [0.25, 0.3) is 0 Å². The van der Waals surface area contributed by atoms with Crippen molar-refractivity contribution < 1.29 is 0 Å². The predicted molar refractivity (Wildman–Crippen MR) is 62.5 cm³/mol. The summed E-state index contributed by atoms with van der Waals surface area (Å²) in [5.74, 6) is 4.15. The lowest BCUT2D eigenvalue weighted by atomic mass is 9.66. The smallest absolute Gasteiger partial charge is 0.0169 e. The van der Waals surface area contributed by atoms with Crippen LogP contribution in [0.4, 0.5) is 0 Å². The molecule has 4 rings (SSSR count). The van der Waals surface area contributed by atoms with Crippen LogP contribution in [0.5, 0.6) is 0 Å². The number of rotatable bonds is 2. The first-order valence-corrected chi connectivity index (χ1v) is 6.96. The van der Waals surface area contributed by atoms with E-state index in [0.717, 1.165) is 29.1 Å². The molecule has 15 heavy (non-hydrogen) atoms. The van der Waals surface area contributed by atoms with Crippen molar-refractivity contribution in [2.24, 2.45) is 29.1 Å². The van der Waals surface area contributed by atoms with Crippen LogP contribution in [0.1, 0.15) is 51.4 Å². The zero-order valence-electron chi connectivity index (χ0n) is 9.67. The molecule has 0 amide bonds. The molecular formula is C15H22. The summed E-state index contributed by atoms with van der Waals surface area (Å²) in [6, 6.07) is 0. The minimum Gasteiger partial charge on any atom is -0.0993 e. The van der Waals surface area contributed by atoms with Crippen molar-refractivity contribution in [2.75, 3.05) is 0 Å². The minimum absolute atomic E-state index is 0.820. The highest BCUT2D eigenvalue weighted by molar-refractivity contribution is 5.21. The number of hydrogen-bond donors (Lipinski definition) is 0. The fourth-order valence-corrected chi connectivity index (χ4v) is 4.72. The van der Waals surface area contributed by atoms with Crippen LogP contribution >= 0.6 is 0 Å². The van der Waals surface area contributed by atoms with Gasteiger partial charge in [0.15, 0.2) is 0 Å². The third-order valence-electron chi connectivity index (χ3n) is 6.17. The zero-order chi connectivity index (χ0) is 10.0. The Morgan fingerprint density at radius 3 is 2.47 bits per heavy atom. The summed E-state index contributed by atoms with van der Waals surface area (Å²) in [6.07, 6.45) is 12.1. The van der Waals surface area contributed by atoms with Gasteiger partial charge in [-0.15, -0.1) is 0 Å². The van der Waals surface area contributed by atoms with Gasteiger partial charge in [0.05, 0.1) is 0 Å². The molecule has 0 N–H and O–H groups in total. The number of allylic oxidation sites excluding steroid dienone is 1. The topological polar surface area (TPSA) is 0 Å². The predicted octanol–water partition coefficient (Wildman–Crippen LogP) is 4.17. The van der Waals surface area contributed by atoms with Gasteiger partial charge < -0.3 is 0 Å². The first kappa shape index (κ1) is 8.84. The quantitative estimate of drug-likeness (QED) is 0.590. The maximum Gasteiger partial charge on any atom is -0.0169 e. The Morgan fingerprint density at radius 2 is 2.00 bits per heavy atom. The van der Waals surface area contributed by atoms with Gasteiger partial charge in [-0.1, -0.05) is 18.6 Å². The molecule has 0 nitrogen and oxygen atoms in total. The van der Waals surface area contributed by atoms with E-state index in [1.165, 1.54) is 44.9 Å². The van der Waals surface area contributed by atoms with Crippen molar-refractivity contribution in [3.8, 4) is 0 Å². The second kappa shape index (κ2) is 2.70. The zero-order valence-corrected chi connectivity index (χ0v) is 9.67. The largest absolute Gasteiger partial charge is 0.0993 e. The van der Waals surface area contributed by atoms with Gasteiger partial charge in [0.1, 0.15) is 0 Å². The van der Waals surface area contributed by atoms with E-state index in [2.05, 4.69) is 6.58 Å². The molecule has 4 fully saturated rings. The van der Waals surface area contributed by atoms with E-state index in [9.17, 15) is 0 Å². The Morgan fingerprint density at radius 1 is 1.13 bits per heavy atom. The van der Waals surface area contributed by atoms with E-state index in [1.807, 2.05) is 0 Å². The molecule has 4 saturated carbocycles. The molecule has 0 heteroatoms. The van der Waals surface area contributed by atoms with Crippen LogP contribution in [0.25, 0.3) is 0 Å². The van der Waals surface area contributed by atoms with E-state index in [-0.39, 0.29) is 0 Å². The highest BCUT2D eigenvalue weighted by Crippen LogP contribution is 2.65. The summed E-state index contributed by atoms with van der Waals surface area (Å²) in [5.41, 5.74) is 2.50. The Balaban J connectivity index is 1.43. The molecule has 0 aromatic heterocycles. The normalized spacial score (nSPS) is 49.3. The van der Waals surface area contributed by atoms with Crippen molar-refractivity contribution in [3.63, 3.8) is 0 Å². The van der Waals surface area contributed by atoms with Crippen molar-refractivity contribution >= 4 is 0 Å². The van der Waals surface area contributed by atoms with Gasteiger partial charge in [-0.25, -0.2) is 0 Å². The fraction of sp³-hybridized carbons (Fsp3) is 0.867. The summed E-state index contributed by atoms with van der Waals surface area (Å²) in [7, 11) is 0. The van der Waals surface area contributed by atoms with Crippen molar-refractivity contribution in [1.29, 1.82) is 0 Å². The third kappa shape index (κ3) is 1.14. The van der Waals surface area contributed by atoms with E-state index in [4.69, 9.17) is 0 Å². The van der Waals surface area contributed by atoms with Crippen LogP contribution in [0.2, 0.25) is 0 Å². The Hall–Kier alpha value is -0.260. The molecule has 4 atom stereocenters. The lowest BCUT2D eigenvalue weighted by Crippen LogP contribution is -2.27. The molecule has 0 heterocycles. The van der Waals surface area contributed by atoms with Crippen LogP contribution in [0, 0.1) is 29.1 Å². The molecule has 1 spiro atoms. The van der Waals surface area contributed by atoms with Crippen LogP contribution in [-0.4, -0.2) is 0 Å². The average Bonchev–Trinajstić information content (AvgIpc) is 2.66. The van der Waals surface area contributed by atoms with Crippen LogP contribution in [0.3, 0.4) is 0 Å². The second-order valence-electron chi connectivity index (χ2n) is 6.87. The maximum absolute atomic E-state index is 4.46. The molecule has 0 aliphatic heterocycles. The SMILES string of the molecule is C=C(C1CCC2(CCC2)C1)C1CC2CC21. The van der Waals surface area contributed by atoms with E-state index >= 15 is 0 Å². The summed E-state index contributed by atoms with van der Waals surface area (Å²) in [6.45, 7) is 4.46. The van der Waals surface area contributed by atoms with Crippen LogP contribution in [0.15, 0.2) is 12.2 Å². The molecule has 4 aliphatic rings. The van der Waals surface area contributed by atoms with Gasteiger partial charge in [0, 0.05) is 0 Å². The number of hydrogen-bond acceptors (Lipinski definition) is 0. The minimum atomic E-state index is 0.820. The molecule has 0 saturated heterocycles. The van der Waals surface area contributed by atoms with E-state index in [0.29, 0.717) is 0 Å². The lowest BCUT2D eigenvalue weighted by molar-refractivity contribution is 0.137. The molecule has 0 radical (unpaired) electrons. The molecule has 0 bridgehead atoms. The van der Waals surface area contributed by atoms with Crippen molar-refractivity contribution in [3.05, 3.63) is 12.2 Å². The van der Waals surface area contributed by atoms with Gasteiger partial charge in [-0.3, -0.25) is 0 Å². The standard InChI is InChI=1S/C15H22/c1-10(13-7-12-8-14(12)13)11-3-6-15(9-11)4-2-5-15/h11-14H,1-9H2. The first-order valence-electron chi connectivity index (χ1n) is 6.96. The van der Waals surface area contributed by atoms with Gasteiger partial charge >= 0.3 is 0 Å². The Labute approximate surface area is 93.1 Å². The summed E-state index contributed by atoms with van der Waals surface area (Å²) in [5, 5.41) is 0. The summed E-state index contributed by atoms with van der Waals surface area (Å²) in [4.78, 5) is 0. The van der Waals surface area contributed by atoms with Gasteiger partial charge in [-0.2, -0.15) is 0 Å². The van der Waals surface area contributed by atoms with Crippen LogP contribution in [-0.2, 0) is 0 Å². The van der Waals surface area contributed by atoms with Crippen molar-refractivity contribution in [1.82, 2.24) is 0 Å². The molecule has 82 valence electrons. The maximum atomic E-state index is 4.46. The van der Waals surface area contributed by atoms with Crippen LogP contribution < -0.4 is 0 Å². The Bertz CT molecular complexity index is 310. The fourth-order valence-electron chi connectivity index (χ4n) is 4.72. The molecule has 0 aromatic carbocycles. The third-order valence-corrected chi connectivity index (χ3v) is 6.17. The molecule has 4 unspecified atom stereocenters. The van der Waals surface area contributed by atoms with E-state index in [1.54, 1.807) is 12.0 Å². The summed E-state index contributed by atoms with van der Waals surface area (Å²) < 4.78 is 0.